The Labute approximate surface area is 259 Å². The monoisotopic (exact) mass is 601 g/mol. The van der Waals surface area contributed by atoms with Gasteiger partial charge in [-0.3, -0.25) is 15.0 Å². The van der Waals surface area contributed by atoms with Crippen LogP contribution in [0.25, 0.3) is 11.1 Å². The molecule has 1 amide bonds. The predicted octanol–water partition coefficient (Wildman–Crippen LogP) is 5.52. The van der Waals surface area contributed by atoms with E-state index in [4.69, 9.17) is 24.3 Å². The van der Waals surface area contributed by atoms with E-state index >= 15 is 0 Å². The molecule has 0 spiro atoms. The SMILES string of the molecule is CC(C)NNC(=O)[C@@]1(CCC(=O)OC(C)(C)C)N=C(c2ccc(OCCCO)cc2)O[C@H]1c1ccc(-c2ccccc2)cc1. The molecule has 3 aromatic carbocycles. The number of hydrazine groups is 1. The van der Waals surface area contributed by atoms with E-state index < -0.39 is 29.1 Å². The van der Waals surface area contributed by atoms with Crippen molar-refractivity contribution in [3.8, 4) is 16.9 Å². The minimum absolute atomic E-state index is 0.0328. The third-order valence-electron chi connectivity index (χ3n) is 6.96. The number of aliphatic hydroxyl groups excluding tert-OH is 1. The van der Waals surface area contributed by atoms with E-state index in [1.165, 1.54) is 0 Å². The Hall–Kier alpha value is -4.21. The van der Waals surface area contributed by atoms with E-state index in [1.807, 2.05) is 101 Å². The maximum atomic E-state index is 14.1. The van der Waals surface area contributed by atoms with Gasteiger partial charge >= 0.3 is 5.97 Å². The maximum absolute atomic E-state index is 14.1. The molecule has 9 nitrogen and oxygen atoms in total. The lowest BCUT2D eigenvalue weighted by atomic mass is 9.83. The van der Waals surface area contributed by atoms with E-state index in [-0.39, 0.29) is 31.4 Å². The van der Waals surface area contributed by atoms with E-state index in [9.17, 15) is 9.59 Å². The smallest absolute Gasteiger partial charge is 0.306 e. The van der Waals surface area contributed by atoms with Gasteiger partial charge in [0.1, 0.15) is 11.4 Å². The number of ether oxygens (including phenoxy) is 3. The number of aliphatic hydroxyl groups is 1. The first-order valence-corrected chi connectivity index (χ1v) is 15.0. The molecule has 0 saturated carbocycles. The summed E-state index contributed by atoms with van der Waals surface area (Å²) in [5, 5.41) is 9.04. The van der Waals surface area contributed by atoms with Crippen molar-refractivity contribution < 1.29 is 28.9 Å². The van der Waals surface area contributed by atoms with Gasteiger partial charge in [0.15, 0.2) is 11.6 Å². The molecule has 1 heterocycles. The van der Waals surface area contributed by atoms with Gasteiger partial charge in [-0.25, -0.2) is 10.4 Å². The molecule has 44 heavy (non-hydrogen) atoms. The van der Waals surface area contributed by atoms with Crippen LogP contribution >= 0.6 is 0 Å². The molecule has 3 N–H and O–H groups in total. The lowest BCUT2D eigenvalue weighted by Crippen LogP contribution is -2.54. The van der Waals surface area contributed by atoms with Gasteiger partial charge in [0.2, 0.25) is 5.90 Å². The summed E-state index contributed by atoms with van der Waals surface area (Å²) in [7, 11) is 0. The molecular weight excluding hydrogens is 558 g/mol. The summed E-state index contributed by atoms with van der Waals surface area (Å²) in [5.41, 5.74) is 7.16. The lowest BCUT2D eigenvalue weighted by Gasteiger charge is -2.31. The van der Waals surface area contributed by atoms with Gasteiger partial charge in [0.25, 0.3) is 5.91 Å². The molecule has 0 aliphatic carbocycles. The first-order chi connectivity index (χ1) is 21.0. The molecule has 3 aromatic rings. The van der Waals surface area contributed by atoms with Gasteiger partial charge < -0.3 is 19.3 Å². The minimum atomic E-state index is -1.47. The quantitative estimate of drug-likeness (QED) is 0.134. The van der Waals surface area contributed by atoms with E-state index in [2.05, 4.69) is 10.9 Å². The van der Waals surface area contributed by atoms with Crippen LogP contribution in [0.1, 0.15) is 71.1 Å². The summed E-state index contributed by atoms with van der Waals surface area (Å²) in [6.45, 7) is 9.70. The molecule has 0 saturated heterocycles. The van der Waals surface area contributed by atoms with Crippen molar-refractivity contribution in [3.05, 3.63) is 90.0 Å². The Bertz CT molecular complexity index is 1420. The number of benzene rings is 3. The Balaban J connectivity index is 1.73. The highest BCUT2D eigenvalue weighted by Crippen LogP contribution is 2.43. The van der Waals surface area contributed by atoms with Crippen molar-refractivity contribution in [2.75, 3.05) is 13.2 Å². The van der Waals surface area contributed by atoms with Crippen molar-refractivity contribution in [1.82, 2.24) is 10.9 Å². The van der Waals surface area contributed by atoms with Gasteiger partial charge in [0.05, 0.1) is 6.61 Å². The summed E-state index contributed by atoms with van der Waals surface area (Å²) in [6.07, 6.45) is -0.269. The van der Waals surface area contributed by atoms with Gasteiger partial charge in [-0.05, 0) is 82.0 Å². The predicted molar refractivity (Wildman–Crippen MR) is 170 cm³/mol. The van der Waals surface area contributed by atoms with Crippen LogP contribution in [-0.4, -0.2) is 53.3 Å². The average molecular weight is 602 g/mol. The van der Waals surface area contributed by atoms with E-state index in [1.54, 1.807) is 12.1 Å². The highest BCUT2D eigenvalue weighted by atomic mass is 16.6. The molecule has 1 aliphatic rings. The van der Waals surface area contributed by atoms with Crippen LogP contribution in [0.15, 0.2) is 83.9 Å². The van der Waals surface area contributed by atoms with Gasteiger partial charge in [-0.15, -0.1) is 0 Å². The summed E-state index contributed by atoms with van der Waals surface area (Å²) < 4.78 is 17.8. The second-order valence-corrected chi connectivity index (χ2v) is 12.1. The number of nitrogens with zero attached hydrogens (tertiary/aromatic N) is 1. The number of hydrogen-bond acceptors (Lipinski definition) is 8. The fourth-order valence-electron chi connectivity index (χ4n) is 4.85. The van der Waals surface area contributed by atoms with Gasteiger partial charge in [-0.1, -0.05) is 54.6 Å². The first kappa shape index (κ1) is 32.7. The maximum Gasteiger partial charge on any atom is 0.306 e. The molecule has 234 valence electrons. The number of esters is 1. The first-order valence-electron chi connectivity index (χ1n) is 15.0. The molecule has 0 radical (unpaired) electrons. The number of carbonyl (C=O) groups excluding carboxylic acids is 2. The lowest BCUT2D eigenvalue weighted by molar-refractivity contribution is -0.155. The van der Waals surface area contributed by atoms with Gasteiger partial charge in [-0.2, -0.15) is 0 Å². The molecule has 0 bridgehead atoms. The Morgan fingerprint density at radius 2 is 1.59 bits per heavy atom. The normalized spacial score (nSPS) is 18.0. The molecule has 4 rings (SSSR count). The molecule has 1 aliphatic heterocycles. The summed E-state index contributed by atoms with van der Waals surface area (Å²) in [5.74, 6) is 0.0930. The summed E-state index contributed by atoms with van der Waals surface area (Å²) in [6, 6.07) is 25.1. The Morgan fingerprint density at radius 3 is 2.20 bits per heavy atom. The van der Waals surface area contributed by atoms with Crippen LogP contribution in [0.3, 0.4) is 0 Å². The van der Waals surface area contributed by atoms with Crippen LogP contribution in [-0.2, 0) is 19.1 Å². The number of nitrogens with one attached hydrogen (secondary N) is 2. The van der Waals surface area contributed by atoms with Gasteiger partial charge in [0, 0.05) is 31.1 Å². The molecule has 2 atom stereocenters. The average Bonchev–Trinajstić information content (AvgIpc) is 3.40. The van der Waals surface area contributed by atoms with Crippen LogP contribution in [0.5, 0.6) is 5.75 Å². The van der Waals surface area contributed by atoms with Crippen molar-refractivity contribution in [2.24, 2.45) is 4.99 Å². The highest BCUT2D eigenvalue weighted by molar-refractivity contribution is 6.01. The van der Waals surface area contributed by atoms with Crippen LogP contribution in [0.2, 0.25) is 0 Å². The second kappa shape index (κ2) is 14.5. The molecule has 0 fully saturated rings. The standard InChI is InChI=1S/C35H43N3O6/c1-24(2)37-38-33(41)35(21-20-30(40)44-34(3,4)5)31(27-14-12-26(13-15-27)25-10-7-6-8-11-25)43-32(36-35)28-16-18-29(19-17-28)42-23-9-22-39/h6-8,10-19,24,31,37,39H,9,20-23H2,1-5H3,(H,38,41)/t31-,35-/m0/s1. The number of carbonyl (C=O) groups is 2. The van der Waals surface area contributed by atoms with Crippen LogP contribution < -0.4 is 15.6 Å². The number of amides is 1. The van der Waals surface area contributed by atoms with E-state index in [0.29, 0.717) is 24.3 Å². The molecule has 9 heteroatoms. The zero-order valence-corrected chi connectivity index (χ0v) is 26.1. The molecule has 0 aromatic heterocycles. The summed E-state index contributed by atoms with van der Waals surface area (Å²) in [4.78, 5) is 31.9. The largest absolute Gasteiger partial charge is 0.494 e. The number of rotatable bonds is 13. The van der Waals surface area contributed by atoms with Crippen molar-refractivity contribution in [2.45, 2.75) is 77.2 Å². The third-order valence-corrected chi connectivity index (χ3v) is 6.96. The van der Waals surface area contributed by atoms with Crippen molar-refractivity contribution >= 4 is 17.8 Å². The zero-order chi connectivity index (χ0) is 31.7. The van der Waals surface area contributed by atoms with Crippen molar-refractivity contribution in [1.29, 1.82) is 0 Å². The third kappa shape index (κ3) is 8.45. The highest BCUT2D eigenvalue weighted by Gasteiger charge is 2.53. The fraction of sp³-hybridized carbons (Fsp3) is 0.400. The van der Waals surface area contributed by atoms with Crippen LogP contribution in [0.4, 0.5) is 0 Å². The molecular formula is C35H43N3O6. The van der Waals surface area contributed by atoms with Crippen LogP contribution in [0, 0.1) is 0 Å². The minimum Gasteiger partial charge on any atom is -0.494 e. The Morgan fingerprint density at radius 1 is 0.955 bits per heavy atom. The zero-order valence-electron chi connectivity index (χ0n) is 26.1. The Kier molecular flexibility index (Phi) is 10.8. The topological polar surface area (TPSA) is 118 Å². The number of aliphatic imine (C=N–C) groups is 1. The van der Waals surface area contributed by atoms with Crippen molar-refractivity contribution in [3.63, 3.8) is 0 Å². The summed E-state index contributed by atoms with van der Waals surface area (Å²) >= 11 is 0. The number of hydrogen-bond donors (Lipinski definition) is 3. The van der Waals surface area contributed by atoms with E-state index in [0.717, 1.165) is 16.7 Å². The molecule has 0 unspecified atom stereocenters. The second-order valence-electron chi connectivity index (χ2n) is 12.1. The fourth-order valence-corrected chi connectivity index (χ4v) is 4.85.